The van der Waals surface area contributed by atoms with Crippen molar-refractivity contribution in [3.05, 3.63) is 22.4 Å². The van der Waals surface area contributed by atoms with E-state index in [1.807, 2.05) is 11.3 Å². The Morgan fingerprint density at radius 3 is 3.21 bits per heavy atom. The lowest BCUT2D eigenvalue weighted by Crippen LogP contribution is -2.35. The van der Waals surface area contributed by atoms with Crippen LogP contribution in [0, 0.1) is 5.92 Å². The molecule has 1 N–H and O–H groups in total. The van der Waals surface area contributed by atoms with Crippen LogP contribution in [-0.2, 0) is 0 Å². The molecule has 2 rings (SSSR count). The van der Waals surface area contributed by atoms with Gasteiger partial charge in [0.2, 0.25) is 0 Å². The van der Waals surface area contributed by atoms with Crippen LogP contribution in [0.5, 0.6) is 0 Å². The average Bonchev–Trinajstić information content (AvgIpc) is 2.72. The summed E-state index contributed by atoms with van der Waals surface area (Å²) >= 11 is 1.83. The summed E-state index contributed by atoms with van der Waals surface area (Å²) in [6.07, 6.45) is 4.00. The summed E-state index contributed by atoms with van der Waals surface area (Å²) in [4.78, 5) is 0. The van der Waals surface area contributed by atoms with E-state index in [0.717, 1.165) is 11.8 Å². The van der Waals surface area contributed by atoms with Crippen LogP contribution in [0.25, 0.3) is 0 Å². The van der Waals surface area contributed by atoms with Gasteiger partial charge in [0.15, 0.2) is 0 Å². The predicted octanol–water partition coefficient (Wildman–Crippen LogP) is 3.24. The quantitative estimate of drug-likeness (QED) is 0.806. The maximum Gasteiger partial charge on any atom is -0.00147 e. The number of hydrogen-bond acceptors (Lipinski definition) is 2. The Bertz CT molecular complexity index is 253. The van der Waals surface area contributed by atoms with Crippen LogP contribution in [0.2, 0.25) is 0 Å². The molecule has 0 aromatic carbocycles. The van der Waals surface area contributed by atoms with E-state index >= 15 is 0 Å². The van der Waals surface area contributed by atoms with Crippen LogP contribution in [0.15, 0.2) is 16.8 Å². The lowest BCUT2D eigenvalue weighted by Gasteiger charge is -2.31. The van der Waals surface area contributed by atoms with Crippen LogP contribution in [0.4, 0.5) is 0 Å². The fourth-order valence-corrected chi connectivity index (χ4v) is 3.25. The van der Waals surface area contributed by atoms with E-state index in [4.69, 9.17) is 0 Å². The standard InChI is InChI=1S/C12H19NS/c1-2-3-10-8-13-6-4-12(10)11-5-7-14-9-11/h5,7,9-10,12-13H,2-4,6,8H2,1H3. The number of hydrogen-bond donors (Lipinski definition) is 1. The third-order valence-corrected chi connectivity index (χ3v) is 3.94. The second-order valence-corrected chi connectivity index (χ2v) is 4.98. The maximum atomic E-state index is 3.51. The number of thiophene rings is 1. The highest BCUT2D eigenvalue weighted by Gasteiger charge is 2.25. The molecule has 1 aliphatic rings. The average molecular weight is 209 g/mol. The summed E-state index contributed by atoms with van der Waals surface area (Å²) in [5.41, 5.74) is 1.58. The first kappa shape index (κ1) is 10.2. The molecular formula is C12H19NS. The minimum absolute atomic E-state index is 0.822. The topological polar surface area (TPSA) is 12.0 Å². The van der Waals surface area contributed by atoms with Crippen molar-refractivity contribution in [3.63, 3.8) is 0 Å². The lowest BCUT2D eigenvalue weighted by atomic mass is 9.80. The van der Waals surface area contributed by atoms with Gasteiger partial charge in [-0.15, -0.1) is 0 Å². The van der Waals surface area contributed by atoms with E-state index in [0.29, 0.717) is 0 Å². The zero-order valence-corrected chi connectivity index (χ0v) is 9.65. The molecule has 2 unspecified atom stereocenters. The van der Waals surface area contributed by atoms with Crippen molar-refractivity contribution >= 4 is 11.3 Å². The van der Waals surface area contributed by atoms with E-state index in [-0.39, 0.29) is 0 Å². The minimum Gasteiger partial charge on any atom is -0.316 e. The van der Waals surface area contributed by atoms with Gasteiger partial charge in [0.05, 0.1) is 0 Å². The van der Waals surface area contributed by atoms with Gasteiger partial charge in [0.25, 0.3) is 0 Å². The Hall–Kier alpha value is -0.340. The molecule has 2 heteroatoms. The van der Waals surface area contributed by atoms with Gasteiger partial charge in [0, 0.05) is 0 Å². The SMILES string of the molecule is CCCC1CNCCC1c1ccsc1. The molecule has 78 valence electrons. The van der Waals surface area contributed by atoms with Gasteiger partial charge in [0.1, 0.15) is 0 Å². The smallest absolute Gasteiger partial charge is 0.00147 e. The van der Waals surface area contributed by atoms with Crippen molar-refractivity contribution < 1.29 is 0 Å². The fraction of sp³-hybridized carbons (Fsp3) is 0.667. The highest BCUT2D eigenvalue weighted by atomic mass is 32.1. The van der Waals surface area contributed by atoms with E-state index in [2.05, 4.69) is 29.1 Å². The first-order valence-corrected chi connectivity index (χ1v) is 6.59. The first-order valence-electron chi connectivity index (χ1n) is 5.64. The van der Waals surface area contributed by atoms with Crippen molar-refractivity contribution in [2.45, 2.75) is 32.1 Å². The van der Waals surface area contributed by atoms with Gasteiger partial charge in [-0.25, -0.2) is 0 Å². The van der Waals surface area contributed by atoms with Crippen LogP contribution >= 0.6 is 11.3 Å². The molecule has 0 spiro atoms. The molecule has 0 saturated carbocycles. The molecule has 1 aliphatic heterocycles. The molecule has 0 aliphatic carbocycles. The summed E-state index contributed by atoms with van der Waals surface area (Å²) in [5.74, 6) is 1.69. The van der Waals surface area contributed by atoms with Gasteiger partial charge in [-0.3, -0.25) is 0 Å². The largest absolute Gasteiger partial charge is 0.316 e. The van der Waals surface area contributed by atoms with E-state index in [1.165, 1.54) is 32.4 Å². The number of rotatable bonds is 3. The second kappa shape index (κ2) is 4.94. The van der Waals surface area contributed by atoms with Gasteiger partial charge >= 0.3 is 0 Å². The minimum atomic E-state index is 0.822. The lowest BCUT2D eigenvalue weighted by molar-refractivity contribution is 0.307. The van der Waals surface area contributed by atoms with Crippen LogP contribution in [-0.4, -0.2) is 13.1 Å². The zero-order valence-electron chi connectivity index (χ0n) is 8.83. The van der Waals surface area contributed by atoms with E-state index in [9.17, 15) is 0 Å². The molecule has 1 saturated heterocycles. The Balaban J connectivity index is 2.06. The zero-order chi connectivity index (χ0) is 9.80. The number of piperidine rings is 1. The maximum absolute atomic E-state index is 3.51. The van der Waals surface area contributed by atoms with Crippen LogP contribution in [0.1, 0.15) is 37.7 Å². The van der Waals surface area contributed by atoms with Gasteiger partial charge in [-0.1, -0.05) is 13.3 Å². The van der Waals surface area contributed by atoms with E-state index < -0.39 is 0 Å². The van der Waals surface area contributed by atoms with Crippen molar-refractivity contribution in [3.8, 4) is 0 Å². The van der Waals surface area contributed by atoms with Crippen molar-refractivity contribution in [1.29, 1.82) is 0 Å². The monoisotopic (exact) mass is 209 g/mol. The molecule has 0 amide bonds. The summed E-state index contributed by atoms with van der Waals surface area (Å²) in [6.45, 7) is 4.70. The highest BCUT2D eigenvalue weighted by molar-refractivity contribution is 7.07. The Labute approximate surface area is 90.5 Å². The van der Waals surface area contributed by atoms with Gasteiger partial charge in [-0.05, 0) is 60.2 Å². The summed E-state index contributed by atoms with van der Waals surface area (Å²) in [6, 6.07) is 2.31. The third kappa shape index (κ3) is 2.18. The Morgan fingerprint density at radius 1 is 1.57 bits per heavy atom. The van der Waals surface area contributed by atoms with Crippen molar-refractivity contribution in [1.82, 2.24) is 5.32 Å². The molecule has 2 heterocycles. The van der Waals surface area contributed by atoms with Gasteiger partial charge in [-0.2, -0.15) is 11.3 Å². The van der Waals surface area contributed by atoms with Crippen molar-refractivity contribution in [2.75, 3.05) is 13.1 Å². The summed E-state index contributed by atoms with van der Waals surface area (Å²) < 4.78 is 0. The van der Waals surface area contributed by atoms with Crippen molar-refractivity contribution in [2.24, 2.45) is 5.92 Å². The summed E-state index contributed by atoms with van der Waals surface area (Å²) in [5, 5.41) is 8.06. The molecule has 1 fully saturated rings. The molecule has 2 atom stereocenters. The highest BCUT2D eigenvalue weighted by Crippen LogP contribution is 2.33. The second-order valence-electron chi connectivity index (χ2n) is 4.20. The van der Waals surface area contributed by atoms with Crippen LogP contribution in [0.3, 0.4) is 0 Å². The molecule has 0 radical (unpaired) electrons. The van der Waals surface area contributed by atoms with E-state index in [1.54, 1.807) is 5.56 Å². The predicted molar refractivity (Wildman–Crippen MR) is 62.9 cm³/mol. The van der Waals surface area contributed by atoms with Crippen LogP contribution < -0.4 is 5.32 Å². The first-order chi connectivity index (χ1) is 6.92. The van der Waals surface area contributed by atoms with Gasteiger partial charge < -0.3 is 5.32 Å². The Kier molecular flexibility index (Phi) is 3.60. The molecule has 14 heavy (non-hydrogen) atoms. The molecule has 1 aromatic rings. The summed E-state index contributed by atoms with van der Waals surface area (Å²) in [7, 11) is 0. The molecule has 1 aromatic heterocycles. The third-order valence-electron chi connectivity index (χ3n) is 3.24. The number of nitrogens with one attached hydrogen (secondary N) is 1. The normalized spacial score (nSPS) is 27.8. The fourth-order valence-electron chi connectivity index (χ4n) is 2.52. The Morgan fingerprint density at radius 2 is 2.50 bits per heavy atom. The molecule has 1 nitrogen and oxygen atoms in total. The molecule has 0 bridgehead atoms. The molecular weight excluding hydrogens is 190 g/mol.